The summed E-state index contributed by atoms with van der Waals surface area (Å²) in [6.07, 6.45) is -16.8. The van der Waals surface area contributed by atoms with E-state index in [-0.39, 0.29) is 12.1 Å². The molecule has 1 atom stereocenters. The Labute approximate surface area is 119 Å². The van der Waals surface area contributed by atoms with Crippen LogP contribution in [0.15, 0.2) is 12.1 Å². The molecule has 1 aromatic carbocycles. The summed E-state index contributed by atoms with van der Waals surface area (Å²) in [6, 6.07) is -0.597. The van der Waals surface area contributed by atoms with Gasteiger partial charge in [0.2, 0.25) is 0 Å². The zero-order valence-electron chi connectivity index (χ0n) is 11.0. The summed E-state index contributed by atoms with van der Waals surface area (Å²) in [5.41, 5.74) is -7.10. The van der Waals surface area contributed by atoms with Crippen molar-refractivity contribution >= 4 is 0 Å². The summed E-state index contributed by atoms with van der Waals surface area (Å²) in [4.78, 5) is 0. The van der Waals surface area contributed by atoms with E-state index in [0.717, 1.165) is 0 Å². The first kappa shape index (κ1) is 18.6. The minimum atomic E-state index is -5.34. The van der Waals surface area contributed by atoms with Crippen molar-refractivity contribution in [1.82, 2.24) is 0 Å². The molecule has 0 N–H and O–H groups in total. The second kappa shape index (κ2) is 5.66. The van der Waals surface area contributed by atoms with Crippen LogP contribution in [0, 0.1) is 12.8 Å². The molecule has 0 spiro atoms. The average molecular weight is 337 g/mol. The van der Waals surface area contributed by atoms with Gasteiger partial charge in [0.15, 0.2) is 0 Å². The maximum absolute atomic E-state index is 12.9. The largest absolute Gasteiger partial charge is 0.416 e. The molecule has 0 nitrogen and oxygen atoms in total. The van der Waals surface area contributed by atoms with Gasteiger partial charge in [0.05, 0.1) is 16.7 Å². The van der Waals surface area contributed by atoms with Gasteiger partial charge in [0.25, 0.3) is 0 Å². The van der Waals surface area contributed by atoms with Crippen molar-refractivity contribution < 1.29 is 39.5 Å². The van der Waals surface area contributed by atoms with Gasteiger partial charge in [0.1, 0.15) is 0 Å². The normalized spacial score (nSPS) is 13.8. The standard InChI is InChI=1S/C13H10F9/c1-6(2)3-8-9(12(17,18)19)4-7(11(14,15)16)5-10(8)13(20,21)22/h4-6H,1,3H2,2H3. The monoisotopic (exact) mass is 337 g/mol. The second-order valence-corrected chi connectivity index (χ2v) is 4.85. The van der Waals surface area contributed by atoms with Crippen molar-refractivity contribution in [2.24, 2.45) is 5.92 Å². The lowest BCUT2D eigenvalue weighted by Crippen LogP contribution is -2.21. The Morgan fingerprint density at radius 3 is 1.41 bits per heavy atom. The molecule has 0 saturated heterocycles. The summed E-state index contributed by atoms with van der Waals surface area (Å²) in [5.74, 6) is -0.848. The lowest BCUT2D eigenvalue weighted by molar-refractivity contribution is -0.149. The van der Waals surface area contributed by atoms with Crippen molar-refractivity contribution in [2.75, 3.05) is 0 Å². The summed E-state index contributed by atoms with van der Waals surface area (Å²) in [7, 11) is 0. The smallest absolute Gasteiger partial charge is 0.166 e. The van der Waals surface area contributed by atoms with Crippen LogP contribution >= 0.6 is 0 Å². The molecule has 9 heteroatoms. The molecular weight excluding hydrogens is 327 g/mol. The summed E-state index contributed by atoms with van der Waals surface area (Å²) in [5, 5.41) is 0. The summed E-state index contributed by atoms with van der Waals surface area (Å²) >= 11 is 0. The second-order valence-electron chi connectivity index (χ2n) is 4.85. The van der Waals surface area contributed by atoms with E-state index in [1.54, 1.807) is 0 Å². The van der Waals surface area contributed by atoms with Gasteiger partial charge in [-0.05, 0) is 30.0 Å². The Balaban J connectivity index is 3.78. The third-order valence-corrected chi connectivity index (χ3v) is 2.74. The SMILES string of the molecule is [CH2]C(C)Cc1c(C(F)(F)F)cc(C(F)(F)F)cc1C(F)(F)F. The lowest BCUT2D eigenvalue weighted by atomic mass is 9.90. The highest BCUT2D eigenvalue weighted by molar-refractivity contribution is 5.44. The number of benzene rings is 1. The zero-order valence-corrected chi connectivity index (χ0v) is 11.0. The van der Waals surface area contributed by atoms with Gasteiger partial charge in [0, 0.05) is 0 Å². The van der Waals surface area contributed by atoms with Crippen molar-refractivity contribution in [3.8, 4) is 0 Å². The number of hydrogen-bond donors (Lipinski definition) is 0. The zero-order chi connectivity index (χ0) is 17.5. The third-order valence-electron chi connectivity index (χ3n) is 2.74. The number of hydrogen-bond acceptors (Lipinski definition) is 0. The van der Waals surface area contributed by atoms with Crippen LogP contribution in [0.5, 0.6) is 0 Å². The molecule has 1 unspecified atom stereocenters. The molecule has 0 fully saturated rings. The van der Waals surface area contributed by atoms with Crippen LogP contribution in [0.2, 0.25) is 0 Å². The number of alkyl halides is 9. The predicted molar refractivity (Wildman–Crippen MR) is 59.7 cm³/mol. The molecule has 0 aliphatic carbocycles. The van der Waals surface area contributed by atoms with Crippen LogP contribution in [0.4, 0.5) is 39.5 Å². The van der Waals surface area contributed by atoms with E-state index in [9.17, 15) is 39.5 Å². The van der Waals surface area contributed by atoms with Gasteiger partial charge in [-0.15, -0.1) is 0 Å². The summed E-state index contributed by atoms with van der Waals surface area (Å²) < 4.78 is 115. The van der Waals surface area contributed by atoms with Gasteiger partial charge in [-0.1, -0.05) is 13.8 Å². The van der Waals surface area contributed by atoms with Crippen LogP contribution in [0.1, 0.15) is 29.2 Å². The molecule has 1 aromatic rings. The fraction of sp³-hybridized carbons (Fsp3) is 0.462. The fourth-order valence-electron chi connectivity index (χ4n) is 1.91. The molecule has 1 radical (unpaired) electrons. The molecule has 0 aliphatic heterocycles. The van der Waals surface area contributed by atoms with E-state index in [0.29, 0.717) is 0 Å². The third kappa shape index (κ3) is 4.30. The fourth-order valence-corrected chi connectivity index (χ4v) is 1.91. The van der Waals surface area contributed by atoms with E-state index in [1.165, 1.54) is 6.92 Å². The Morgan fingerprint density at radius 1 is 0.818 bits per heavy atom. The average Bonchev–Trinajstić information content (AvgIpc) is 2.23. The van der Waals surface area contributed by atoms with Gasteiger partial charge >= 0.3 is 18.5 Å². The highest BCUT2D eigenvalue weighted by Gasteiger charge is 2.44. The van der Waals surface area contributed by atoms with Gasteiger partial charge < -0.3 is 0 Å². The molecule has 0 heterocycles. The van der Waals surface area contributed by atoms with Gasteiger partial charge in [-0.2, -0.15) is 39.5 Å². The van der Waals surface area contributed by atoms with E-state index >= 15 is 0 Å². The molecule has 0 amide bonds. The van der Waals surface area contributed by atoms with E-state index < -0.39 is 53.1 Å². The molecule has 22 heavy (non-hydrogen) atoms. The molecule has 0 bridgehead atoms. The molecule has 1 rings (SSSR count). The lowest BCUT2D eigenvalue weighted by Gasteiger charge is -2.22. The minimum Gasteiger partial charge on any atom is -0.166 e. The quantitative estimate of drug-likeness (QED) is 0.602. The molecule has 0 saturated carbocycles. The minimum absolute atomic E-state index is 0.299. The summed E-state index contributed by atoms with van der Waals surface area (Å²) in [6.45, 7) is 4.56. The Bertz CT molecular complexity index is 497. The maximum atomic E-state index is 12.9. The highest BCUT2D eigenvalue weighted by Crippen LogP contribution is 2.44. The first-order valence-electron chi connectivity index (χ1n) is 5.85. The first-order valence-corrected chi connectivity index (χ1v) is 5.85. The Kier molecular flexibility index (Phi) is 4.79. The molecule has 125 valence electrons. The molecular formula is C13H10F9. The van der Waals surface area contributed by atoms with Crippen LogP contribution in [0.25, 0.3) is 0 Å². The van der Waals surface area contributed by atoms with Crippen molar-refractivity contribution in [2.45, 2.75) is 31.9 Å². The Morgan fingerprint density at radius 2 is 1.18 bits per heavy atom. The van der Waals surface area contributed by atoms with Crippen molar-refractivity contribution in [3.63, 3.8) is 0 Å². The Hall–Kier alpha value is -1.41. The van der Waals surface area contributed by atoms with Crippen LogP contribution in [-0.4, -0.2) is 0 Å². The highest BCUT2D eigenvalue weighted by atomic mass is 19.4. The van der Waals surface area contributed by atoms with Crippen LogP contribution < -0.4 is 0 Å². The number of rotatable bonds is 2. The number of halogens is 9. The molecule has 0 aromatic heterocycles. The van der Waals surface area contributed by atoms with E-state index in [1.807, 2.05) is 0 Å². The van der Waals surface area contributed by atoms with Crippen molar-refractivity contribution in [1.29, 1.82) is 0 Å². The predicted octanol–water partition coefficient (Wildman–Crippen LogP) is 5.76. The maximum Gasteiger partial charge on any atom is 0.416 e. The van der Waals surface area contributed by atoms with Crippen LogP contribution in [0.3, 0.4) is 0 Å². The van der Waals surface area contributed by atoms with Gasteiger partial charge in [-0.25, -0.2) is 0 Å². The van der Waals surface area contributed by atoms with E-state index in [2.05, 4.69) is 6.92 Å². The van der Waals surface area contributed by atoms with E-state index in [4.69, 9.17) is 0 Å². The molecule has 0 aliphatic rings. The van der Waals surface area contributed by atoms with Gasteiger partial charge in [-0.3, -0.25) is 0 Å². The first-order chi connectivity index (χ1) is 9.64. The van der Waals surface area contributed by atoms with Crippen LogP contribution in [-0.2, 0) is 24.9 Å². The van der Waals surface area contributed by atoms with Crippen molar-refractivity contribution in [3.05, 3.63) is 41.3 Å². The topological polar surface area (TPSA) is 0 Å².